The summed E-state index contributed by atoms with van der Waals surface area (Å²) in [5, 5.41) is 3.63. The van der Waals surface area contributed by atoms with Crippen molar-refractivity contribution in [3.8, 4) is 11.5 Å². The summed E-state index contributed by atoms with van der Waals surface area (Å²) in [6, 6.07) is 14.5. The molecule has 2 aromatic rings. The summed E-state index contributed by atoms with van der Waals surface area (Å²) in [6.07, 6.45) is 0.791. The molecule has 0 saturated carbocycles. The zero-order valence-corrected chi connectivity index (χ0v) is 18.0. The minimum atomic E-state index is -0.617. The fourth-order valence-corrected chi connectivity index (χ4v) is 3.36. The van der Waals surface area contributed by atoms with E-state index in [0.29, 0.717) is 42.5 Å². The number of rotatable bonds is 7. The standard InChI is InChI=1S/C23H27ClN2O4/c1-16-3-7-20(8-4-16)29-15-22(27)26-13-11-19(12-14-26)25-23(28)17(2)30-21-9-5-18(24)6-10-21/h3-10,17,19H,11-15H2,1-2H3,(H,25,28). The van der Waals surface area contributed by atoms with Gasteiger partial charge in [-0.25, -0.2) is 0 Å². The van der Waals surface area contributed by atoms with Crippen LogP contribution in [0.15, 0.2) is 48.5 Å². The summed E-state index contributed by atoms with van der Waals surface area (Å²) in [5.74, 6) is 1.07. The zero-order valence-electron chi connectivity index (χ0n) is 17.3. The first-order valence-corrected chi connectivity index (χ1v) is 10.5. The number of hydrogen-bond acceptors (Lipinski definition) is 4. The fourth-order valence-electron chi connectivity index (χ4n) is 3.23. The maximum Gasteiger partial charge on any atom is 0.260 e. The highest BCUT2D eigenvalue weighted by atomic mass is 35.5. The number of likely N-dealkylation sites (tertiary alicyclic amines) is 1. The number of halogens is 1. The second kappa shape index (κ2) is 10.3. The number of nitrogens with one attached hydrogen (secondary N) is 1. The maximum absolute atomic E-state index is 12.4. The molecule has 1 unspecified atom stereocenters. The van der Waals surface area contributed by atoms with E-state index < -0.39 is 6.10 Å². The molecule has 1 heterocycles. The molecule has 1 fully saturated rings. The summed E-state index contributed by atoms with van der Waals surface area (Å²) in [7, 11) is 0. The van der Waals surface area contributed by atoms with Crippen LogP contribution in [0.3, 0.4) is 0 Å². The molecule has 1 atom stereocenters. The van der Waals surface area contributed by atoms with Crippen LogP contribution in [0.25, 0.3) is 0 Å². The molecule has 1 aliphatic rings. The van der Waals surface area contributed by atoms with Crippen LogP contribution in [0.2, 0.25) is 5.02 Å². The minimum Gasteiger partial charge on any atom is -0.484 e. The highest BCUT2D eigenvalue weighted by Crippen LogP contribution is 2.18. The minimum absolute atomic E-state index is 0.0199. The smallest absolute Gasteiger partial charge is 0.260 e. The van der Waals surface area contributed by atoms with Gasteiger partial charge in [0.05, 0.1) is 0 Å². The predicted molar refractivity (Wildman–Crippen MR) is 116 cm³/mol. The lowest BCUT2D eigenvalue weighted by Crippen LogP contribution is -2.50. The van der Waals surface area contributed by atoms with E-state index in [1.54, 1.807) is 36.1 Å². The number of ether oxygens (including phenoxy) is 2. The van der Waals surface area contributed by atoms with Crippen LogP contribution in [-0.2, 0) is 9.59 Å². The molecule has 160 valence electrons. The van der Waals surface area contributed by atoms with Crippen LogP contribution in [0, 0.1) is 6.92 Å². The summed E-state index contributed by atoms with van der Waals surface area (Å²) < 4.78 is 11.2. The average Bonchev–Trinajstić information content (AvgIpc) is 2.75. The Morgan fingerprint density at radius 1 is 1.07 bits per heavy atom. The molecule has 3 rings (SSSR count). The number of carbonyl (C=O) groups is 2. The van der Waals surface area contributed by atoms with Crippen molar-refractivity contribution in [3.63, 3.8) is 0 Å². The Kier molecular flexibility index (Phi) is 7.57. The van der Waals surface area contributed by atoms with Gasteiger partial charge in [-0.05, 0) is 63.1 Å². The third-order valence-corrected chi connectivity index (χ3v) is 5.33. The Bertz CT molecular complexity index is 847. The summed E-state index contributed by atoms with van der Waals surface area (Å²) >= 11 is 5.86. The first kappa shape index (κ1) is 22.0. The van der Waals surface area contributed by atoms with Crippen LogP contribution < -0.4 is 14.8 Å². The van der Waals surface area contributed by atoms with Gasteiger partial charge < -0.3 is 19.7 Å². The van der Waals surface area contributed by atoms with E-state index in [0.717, 1.165) is 5.56 Å². The SMILES string of the molecule is Cc1ccc(OCC(=O)N2CCC(NC(=O)C(C)Oc3ccc(Cl)cc3)CC2)cc1. The molecule has 1 N–H and O–H groups in total. The van der Waals surface area contributed by atoms with Crippen LogP contribution >= 0.6 is 11.6 Å². The van der Waals surface area contributed by atoms with Gasteiger partial charge in [0.2, 0.25) is 0 Å². The Hall–Kier alpha value is -2.73. The van der Waals surface area contributed by atoms with Crippen LogP contribution in [0.4, 0.5) is 0 Å². The van der Waals surface area contributed by atoms with Crippen molar-refractivity contribution in [2.24, 2.45) is 0 Å². The van der Waals surface area contributed by atoms with E-state index in [-0.39, 0.29) is 24.5 Å². The fraction of sp³-hybridized carbons (Fsp3) is 0.391. The third-order valence-electron chi connectivity index (χ3n) is 5.07. The molecule has 2 aromatic carbocycles. The van der Waals surface area contributed by atoms with Gasteiger partial charge in [0.1, 0.15) is 11.5 Å². The van der Waals surface area contributed by atoms with Crippen LogP contribution in [0.5, 0.6) is 11.5 Å². The van der Waals surface area contributed by atoms with Crippen molar-refractivity contribution in [3.05, 3.63) is 59.1 Å². The molecule has 6 nitrogen and oxygen atoms in total. The lowest BCUT2D eigenvalue weighted by molar-refractivity contribution is -0.134. The number of benzene rings is 2. The van der Waals surface area contributed by atoms with Gasteiger partial charge >= 0.3 is 0 Å². The second-order valence-corrected chi connectivity index (χ2v) is 7.92. The molecule has 1 aliphatic heterocycles. The topological polar surface area (TPSA) is 67.9 Å². The average molecular weight is 431 g/mol. The van der Waals surface area contributed by atoms with Crippen molar-refractivity contribution in [1.29, 1.82) is 0 Å². The molecule has 0 bridgehead atoms. The summed E-state index contributed by atoms with van der Waals surface area (Å²) in [4.78, 5) is 26.6. The van der Waals surface area contributed by atoms with Crippen molar-refractivity contribution in [1.82, 2.24) is 10.2 Å². The first-order chi connectivity index (χ1) is 14.4. The summed E-state index contributed by atoms with van der Waals surface area (Å²) in [6.45, 7) is 4.92. The van der Waals surface area contributed by atoms with Gasteiger partial charge in [0, 0.05) is 24.2 Å². The molecule has 1 saturated heterocycles. The van der Waals surface area contributed by atoms with Gasteiger partial charge in [0.25, 0.3) is 11.8 Å². The highest BCUT2D eigenvalue weighted by molar-refractivity contribution is 6.30. The molecule has 0 spiro atoms. The van der Waals surface area contributed by atoms with Gasteiger partial charge in [-0.15, -0.1) is 0 Å². The van der Waals surface area contributed by atoms with Crippen molar-refractivity contribution in [2.75, 3.05) is 19.7 Å². The molecule has 0 radical (unpaired) electrons. The lowest BCUT2D eigenvalue weighted by atomic mass is 10.0. The number of hydrogen-bond donors (Lipinski definition) is 1. The summed E-state index contributed by atoms with van der Waals surface area (Å²) in [5.41, 5.74) is 1.14. The monoisotopic (exact) mass is 430 g/mol. The molecular formula is C23H27ClN2O4. The van der Waals surface area contributed by atoms with Crippen molar-refractivity contribution in [2.45, 2.75) is 38.8 Å². The Morgan fingerprint density at radius 2 is 1.67 bits per heavy atom. The first-order valence-electron chi connectivity index (χ1n) is 10.1. The predicted octanol–water partition coefficient (Wildman–Crippen LogP) is 3.60. The Balaban J connectivity index is 1.38. The van der Waals surface area contributed by atoms with E-state index in [9.17, 15) is 9.59 Å². The molecule has 30 heavy (non-hydrogen) atoms. The molecular weight excluding hydrogens is 404 g/mol. The largest absolute Gasteiger partial charge is 0.484 e. The van der Waals surface area contributed by atoms with E-state index in [1.807, 2.05) is 31.2 Å². The van der Waals surface area contributed by atoms with Crippen LogP contribution in [0.1, 0.15) is 25.3 Å². The van der Waals surface area contributed by atoms with Crippen molar-refractivity contribution >= 4 is 23.4 Å². The number of carbonyl (C=O) groups excluding carboxylic acids is 2. The molecule has 0 aliphatic carbocycles. The highest BCUT2D eigenvalue weighted by Gasteiger charge is 2.26. The van der Waals surface area contributed by atoms with Gasteiger partial charge in [-0.1, -0.05) is 29.3 Å². The Labute approximate surface area is 182 Å². The van der Waals surface area contributed by atoms with Gasteiger partial charge in [-0.3, -0.25) is 9.59 Å². The lowest BCUT2D eigenvalue weighted by Gasteiger charge is -2.32. The van der Waals surface area contributed by atoms with Crippen LogP contribution in [-0.4, -0.2) is 48.6 Å². The van der Waals surface area contributed by atoms with E-state index in [4.69, 9.17) is 21.1 Å². The zero-order chi connectivity index (χ0) is 21.5. The molecule has 0 aromatic heterocycles. The molecule has 7 heteroatoms. The van der Waals surface area contributed by atoms with Gasteiger partial charge in [0.15, 0.2) is 12.7 Å². The number of aryl methyl sites for hydroxylation is 1. The normalized spacial score (nSPS) is 15.4. The second-order valence-electron chi connectivity index (χ2n) is 7.48. The van der Waals surface area contributed by atoms with E-state index in [1.165, 1.54) is 0 Å². The van der Waals surface area contributed by atoms with Gasteiger partial charge in [-0.2, -0.15) is 0 Å². The Morgan fingerprint density at radius 3 is 2.30 bits per heavy atom. The maximum atomic E-state index is 12.4. The molecule has 2 amide bonds. The van der Waals surface area contributed by atoms with E-state index >= 15 is 0 Å². The van der Waals surface area contributed by atoms with Crippen molar-refractivity contribution < 1.29 is 19.1 Å². The quantitative estimate of drug-likeness (QED) is 0.728. The van der Waals surface area contributed by atoms with E-state index in [2.05, 4.69) is 5.32 Å². The number of piperidine rings is 1. The number of amides is 2. The third kappa shape index (κ3) is 6.39. The number of nitrogens with zero attached hydrogens (tertiary/aromatic N) is 1.